The zero-order valence-electron chi connectivity index (χ0n) is 21.6. The normalized spacial score (nSPS) is 22.2. The number of aromatic nitrogens is 7. The van der Waals surface area contributed by atoms with E-state index in [-0.39, 0.29) is 40.4 Å². The second-order valence-corrected chi connectivity index (χ2v) is 10.7. The van der Waals surface area contributed by atoms with Crippen LogP contribution in [-0.4, -0.2) is 71.3 Å². The molecule has 4 aromatic rings. The molecule has 0 saturated carbocycles. The quantitative estimate of drug-likeness (QED) is 0.350. The molecule has 11 nitrogen and oxygen atoms in total. The highest BCUT2D eigenvalue weighted by Crippen LogP contribution is 2.44. The predicted octanol–water partition coefficient (Wildman–Crippen LogP) is 4.10. The number of pyridine rings is 1. The third kappa shape index (κ3) is 4.54. The van der Waals surface area contributed by atoms with Gasteiger partial charge in [-0.2, -0.15) is 4.68 Å². The summed E-state index contributed by atoms with van der Waals surface area (Å²) in [6, 6.07) is 4.14. The van der Waals surface area contributed by atoms with Crippen LogP contribution in [0.5, 0.6) is 0 Å². The number of anilines is 1. The number of halogens is 3. The van der Waals surface area contributed by atoms with Crippen molar-refractivity contribution in [3.63, 3.8) is 0 Å². The van der Waals surface area contributed by atoms with E-state index in [4.69, 9.17) is 16.3 Å². The van der Waals surface area contributed by atoms with Gasteiger partial charge in [0.2, 0.25) is 5.91 Å². The summed E-state index contributed by atoms with van der Waals surface area (Å²) in [6.45, 7) is 1.14. The molecule has 0 radical (unpaired) electrons. The molecule has 7 rings (SSSR count). The molecule has 210 valence electrons. The van der Waals surface area contributed by atoms with Crippen molar-refractivity contribution in [3.8, 4) is 16.9 Å². The molecule has 2 saturated heterocycles. The number of aromatic amines is 1. The van der Waals surface area contributed by atoms with Crippen LogP contribution in [0, 0.1) is 11.6 Å². The first-order chi connectivity index (χ1) is 20.0. The maximum atomic E-state index is 15.4. The lowest BCUT2D eigenvalue weighted by molar-refractivity contribution is -0.129. The van der Waals surface area contributed by atoms with Crippen molar-refractivity contribution >= 4 is 28.9 Å². The number of nitrogens with zero attached hydrogens (tertiary/aromatic N) is 7. The van der Waals surface area contributed by atoms with Crippen LogP contribution in [0.15, 0.2) is 43.0 Å². The van der Waals surface area contributed by atoms with Crippen LogP contribution in [0.25, 0.3) is 22.5 Å². The molecule has 3 aliphatic heterocycles. The number of amides is 1. The second-order valence-electron chi connectivity index (χ2n) is 10.3. The van der Waals surface area contributed by atoms with Gasteiger partial charge < -0.3 is 19.9 Å². The average Bonchev–Trinajstić information content (AvgIpc) is 3.78. The lowest BCUT2D eigenvalue weighted by atomic mass is 9.92. The topological polar surface area (TPSA) is 127 Å². The molecule has 0 spiro atoms. The summed E-state index contributed by atoms with van der Waals surface area (Å²) < 4.78 is 37.4. The zero-order chi connectivity index (χ0) is 28.1. The summed E-state index contributed by atoms with van der Waals surface area (Å²) in [5.41, 5.74) is 1.93. The molecule has 41 heavy (non-hydrogen) atoms. The van der Waals surface area contributed by atoms with Gasteiger partial charge in [-0.25, -0.2) is 18.7 Å². The summed E-state index contributed by atoms with van der Waals surface area (Å²) in [5, 5.41) is 14.2. The highest BCUT2D eigenvalue weighted by Gasteiger charge is 2.42. The summed E-state index contributed by atoms with van der Waals surface area (Å²) in [5.74, 6) is -0.660. The van der Waals surface area contributed by atoms with Gasteiger partial charge in [-0.3, -0.25) is 4.79 Å². The maximum absolute atomic E-state index is 15.4. The minimum atomic E-state index is -0.633. The Morgan fingerprint density at radius 2 is 2.02 bits per heavy atom. The highest BCUT2D eigenvalue weighted by molar-refractivity contribution is 6.31. The van der Waals surface area contributed by atoms with Crippen LogP contribution in [0.1, 0.15) is 43.1 Å². The fourth-order valence-corrected chi connectivity index (χ4v) is 6.10. The molecule has 0 bridgehead atoms. The van der Waals surface area contributed by atoms with E-state index in [1.54, 1.807) is 29.4 Å². The van der Waals surface area contributed by atoms with Gasteiger partial charge >= 0.3 is 0 Å². The van der Waals surface area contributed by atoms with Gasteiger partial charge in [0.15, 0.2) is 17.5 Å². The number of fused-ring (bicyclic) bond motifs is 1. The predicted molar refractivity (Wildman–Crippen MR) is 144 cm³/mol. The van der Waals surface area contributed by atoms with E-state index in [0.717, 1.165) is 6.42 Å². The van der Waals surface area contributed by atoms with Crippen LogP contribution in [0.3, 0.4) is 0 Å². The largest absolute Gasteiger partial charge is 0.379 e. The number of hydrogen-bond donors (Lipinski definition) is 2. The Kier molecular flexibility index (Phi) is 6.47. The maximum Gasteiger partial charge on any atom is 0.247 e. The summed E-state index contributed by atoms with van der Waals surface area (Å²) in [7, 11) is 0. The lowest BCUT2D eigenvalue weighted by Gasteiger charge is -2.33. The molecule has 2 fully saturated rings. The summed E-state index contributed by atoms with van der Waals surface area (Å²) >= 11 is 6.12. The van der Waals surface area contributed by atoms with Gasteiger partial charge in [0.1, 0.15) is 12.2 Å². The van der Waals surface area contributed by atoms with Crippen LogP contribution in [-0.2, 0) is 9.53 Å². The summed E-state index contributed by atoms with van der Waals surface area (Å²) in [6.07, 6.45) is 8.45. The Morgan fingerprint density at radius 3 is 2.83 bits per heavy atom. The minimum absolute atomic E-state index is 0.00685. The smallest absolute Gasteiger partial charge is 0.247 e. The van der Waals surface area contributed by atoms with E-state index in [1.807, 2.05) is 0 Å². The third-order valence-corrected chi connectivity index (χ3v) is 8.15. The average molecular weight is 580 g/mol. The zero-order valence-corrected chi connectivity index (χ0v) is 22.4. The molecule has 1 aromatic carbocycles. The van der Waals surface area contributed by atoms with E-state index in [1.165, 1.54) is 23.2 Å². The fourth-order valence-electron chi connectivity index (χ4n) is 5.94. The van der Waals surface area contributed by atoms with Crippen molar-refractivity contribution in [2.75, 3.05) is 18.5 Å². The van der Waals surface area contributed by atoms with E-state index in [0.29, 0.717) is 60.8 Å². The van der Waals surface area contributed by atoms with Crippen LogP contribution in [0.4, 0.5) is 14.6 Å². The molecule has 0 unspecified atom stereocenters. The van der Waals surface area contributed by atoms with E-state index in [2.05, 4.69) is 35.8 Å². The lowest BCUT2D eigenvalue weighted by Crippen LogP contribution is -2.39. The Bertz CT molecular complexity index is 1650. The fraction of sp³-hybridized carbons (Fsp3) is 0.333. The van der Waals surface area contributed by atoms with Crippen molar-refractivity contribution in [1.82, 2.24) is 40.1 Å². The molecular weight excluding hydrogens is 556 g/mol. The molecule has 0 aliphatic carbocycles. The number of ether oxygens (including phenoxy) is 1. The molecule has 1 amide bonds. The molecule has 3 aromatic heterocycles. The van der Waals surface area contributed by atoms with Crippen molar-refractivity contribution in [1.29, 1.82) is 0 Å². The number of carbonyl (C=O) groups is 1. The molecular formula is C27H24ClF2N9O2. The Hall–Kier alpha value is -4.23. The number of carbonyl (C=O) groups excluding carboxylic acids is 1. The standard InChI is InChI=1S/C27H24ClF2N9O2/c28-18-2-4-20(38-13-33-36-37-38)23(25(18)30)14-9-16-1-3-21(39(16)22(40)10-14)26-32-11-19(35-26)17-5-7-31-27(24(17)29)34-15-6-8-41-12-15/h2,4-5,7,10-11,13,15-16,21H,1,3,6,8-9,12H2,(H,31,34)(H,32,35)/t15-,16-,21-/m0/s1. The Morgan fingerprint density at radius 1 is 1.12 bits per heavy atom. The Labute approximate surface area is 237 Å². The van der Waals surface area contributed by atoms with Crippen molar-refractivity contribution in [2.24, 2.45) is 0 Å². The van der Waals surface area contributed by atoms with E-state index >= 15 is 8.78 Å². The first-order valence-electron chi connectivity index (χ1n) is 13.3. The van der Waals surface area contributed by atoms with E-state index < -0.39 is 11.6 Å². The third-order valence-electron chi connectivity index (χ3n) is 7.86. The molecule has 3 aliphatic rings. The van der Waals surface area contributed by atoms with Crippen molar-refractivity contribution in [2.45, 2.75) is 43.8 Å². The number of H-pyrrole nitrogens is 1. The van der Waals surface area contributed by atoms with Gasteiger partial charge in [0, 0.05) is 36.0 Å². The molecule has 14 heteroatoms. The van der Waals surface area contributed by atoms with Crippen molar-refractivity contribution < 1.29 is 18.3 Å². The SMILES string of the molecule is O=C1C=C(c2c(-n3cnnn3)ccc(Cl)c2F)C[C@@H]2CC[C@@H](c3ncc(-c4ccnc(N[C@H]5CCOC5)c4F)[nH]3)N12. The van der Waals surface area contributed by atoms with Crippen LogP contribution < -0.4 is 5.32 Å². The number of nitrogens with one attached hydrogen (secondary N) is 2. The second kappa shape index (κ2) is 10.3. The highest BCUT2D eigenvalue weighted by atomic mass is 35.5. The number of tetrazole rings is 1. The van der Waals surface area contributed by atoms with E-state index in [9.17, 15) is 4.79 Å². The van der Waals surface area contributed by atoms with Gasteiger partial charge in [-0.1, -0.05) is 11.6 Å². The van der Waals surface area contributed by atoms with Gasteiger partial charge in [-0.05, 0) is 59.9 Å². The van der Waals surface area contributed by atoms with Gasteiger partial charge in [0.25, 0.3) is 0 Å². The first-order valence-corrected chi connectivity index (χ1v) is 13.6. The monoisotopic (exact) mass is 579 g/mol. The number of imidazole rings is 1. The number of benzene rings is 1. The first kappa shape index (κ1) is 25.7. The molecule has 2 N–H and O–H groups in total. The van der Waals surface area contributed by atoms with Crippen LogP contribution in [0.2, 0.25) is 5.02 Å². The number of hydrogen-bond acceptors (Lipinski definition) is 8. The number of rotatable bonds is 6. The van der Waals surface area contributed by atoms with Crippen LogP contribution >= 0.6 is 11.6 Å². The molecule has 3 atom stereocenters. The minimum Gasteiger partial charge on any atom is -0.379 e. The van der Waals surface area contributed by atoms with Gasteiger partial charge in [0.05, 0.1) is 41.3 Å². The van der Waals surface area contributed by atoms with Gasteiger partial charge in [-0.15, -0.1) is 5.10 Å². The molecule has 6 heterocycles. The summed E-state index contributed by atoms with van der Waals surface area (Å²) in [4.78, 5) is 27.2. The van der Waals surface area contributed by atoms with Crippen molar-refractivity contribution in [3.05, 3.63) is 71.0 Å². The Balaban J connectivity index is 1.16.